The summed E-state index contributed by atoms with van der Waals surface area (Å²) < 4.78 is 0. The Labute approximate surface area is 113 Å². The first kappa shape index (κ1) is 12.2. The highest BCUT2D eigenvalue weighted by atomic mass is 32.1. The molecule has 2 bridgehead atoms. The number of nitrogens with one attached hydrogen (secondary N) is 1. The smallest absolute Gasteiger partial charge is 0.110 e. The van der Waals surface area contributed by atoms with E-state index in [0.29, 0.717) is 6.04 Å². The maximum atomic E-state index is 8.81. The topological polar surface area (TPSA) is 35.8 Å². The number of hydrogen-bond donors (Lipinski definition) is 1. The van der Waals surface area contributed by atoms with E-state index in [1.807, 2.05) is 6.07 Å². The molecule has 0 radical (unpaired) electrons. The molecule has 3 heteroatoms. The summed E-state index contributed by atoms with van der Waals surface area (Å²) in [5, 5.41) is 12.5. The molecule has 3 rings (SSSR count). The number of nitrogens with zero attached hydrogens (tertiary/aromatic N) is 1. The van der Waals surface area contributed by atoms with E-state index in [0.717, 1.165) is 29.2 Å². The predicted octanol–water partition coefficient (Wildman–Crippen LogP) is 3.53. The standard InChI is InChI=1S/C15H20N2S/c1-10(15-7-11-2-3-12(15)6-11)17-9-14-5-4-13(8-16)18-14/h4-5,10-12,15,17H,2-3,6-7,9H2,1H3. The third-order valence-electron chi connectivity index (χ3n) is 4.81. The monoisotopic (exact) mass is 260 g/mol. The normalized spacial score (nSPS) is 31.4. The molecule has 1 N–H and O–H groups in total. The highest BCUT2D eigenvalue weighted by Crippen LogP contribution is 2.49. The fourth-order valence-corrected chi connectivity index (χ4v) is 4.61. The lowest BCUT2D eigenvalue weighted by molar-refractivity contribution is 0.260. The third kappa shape index (κ3) is 2.32. The average Bonchev–Trinajstić information content (AvgIpc) is 3.11. The largest absolute Gasteiger partial charge is 0.309 e. The summed E-state index contributed by atoms with van der Waals surface area (Å²) in [6.07, 6.45) is 5.85. The molecule has 0 aliphatic heterocycles. The van der Waals surface area contributed by atoms with Crippen molar-refractivity contribution < 1.29 is 0 Å². The number of rotatable bonds is 4. The zero-order valence-corrected chi connectivity index (χ0v) is 11.7. The van der Waals surface area contributed by atoms with Gasteiger partial charge in [0, 0.05) is 17.5 Å². The van der Waals surface area contributed by atoms with Gasteiger partial charge in [-0.3, -0.25) is 0 Å². The Kier molecular flexibility index (Phi) is 3.41. The number of hydrogen-bond acceptors (Lipinski definition) is 3. The molecule has 0 spiro atoms. The van der Waals surface area contributed by atoms with Crippen LogP contribution in [0.5, 0.6) is 0 Å². The quantitative estimate of drug-likeness (QED) is 0.899. The van der Waals surface area contributed by atoms with Gasteiger partial charge >= 0.3 is 0 Å². The van der Waals surface area contributed by atoms with Gasteiger partial charge in [0.2, 0.25) is 0 Å². The highest BCUT2D eigenvalue weighted by molar-refractivity contribution is 7.12. The van der Waals surface area contributed by atoms with Gasteiger partial charge < -0.3 is 5.32 Å². The van der Waals surface area contributed by atoms with Gasteiger partial charge in [0.25, 0.3) is 0 Å². The maximum Gasteiger partial charge on any atom is 0.110 e. The molecular weight excluding hydrogens is 240 g/mol. The van der Waals surface area contributed by atoms with Crippen LogP contribution in [-0.2, 0) is 6.54 Å². The van der Waals surface area contributed by atoms with E-state index in [1.165, 1.54) is 30.6 Å². The molecular formula is C15H20N2S. The summed E-state index contributed by atoms with van der Waals surface area (Å²) in [7, 11) is 0. The Hall–Kier alpha value is -0.850. The van der Waals surface area contributed by atoms with Gasteiger partial charge in [-0.05, 0) is 56.1 Å². The van der Waals surface area contributed by atoms with Gasteiger partial charge in [0.05, 0.1) is 0 Å². The van der Waals surface area contributed by atoms with Crippen LogP contribution in [0.1, 0.15) is 42.4 Å². The van der Waals surface area contributed by atoms with Gasteiger partial charge in [0.15, 0.2) is 0 Å². The van der Waals surface area contributed by atoms with Crippen LogP contribution < -0.4 is 5.32 Å². The van der Waals surface area contributed by atoms with Gasteiger partial charge in [-0.25, -0.2) is 0 Å². The summed E-state index contributed by atoms with van der Waals surface area (Å²) in [5.74, 6) is 2.89. The van der Waals surface area contributed by atoms with E-state index < -0.39 is 0 Å². The predicted molar refractivity (Wildman–Crippen MR) is 74.3 cm³/mol. The molecule has 2 saturated carbocycles. The van der Waals surface area contributed by atoms with Crippen molar-refractivity contribution in [1.29, 1.82) is 5.26 Å². The molecule has 4 atom stereocenters. The van der Waals surface area contributed by atoms with Crippen LogP contribution >= 0.6 is 11.3 Å². The summed E-state index contributed by atoms with van der Waals surface area (Å²) >= 11 is 1.61. The first-order valence-corrected chi connectivity index (χ1v) is 7.80. The molecule has 96 valence electrons. The minimum atomic E-state index is 0.618. The van der Waals surface area contributed by atoms with Crippen LogP contribution in [0.4, 0.5) is 0 Å². The zero-order chi connectivity index (χ0) is 12.5. The van der Waals surface area contributed by atoms with Gasteiger partial charge in [-0.2, -0.15) is 5.26 Å². The Morgan fingerprint density at radius 2 is 2.33 bits per heavy atom. The molecule has 1 heterocycles. The van der Waals surface area contributed by atoms with Crippen molar-refractivity contribution in [2.24, 2.45) is 17.8 Å². The van der Waals surface area contributed by atoms with Crippen molar-refractivity contribution in [3.8, 4) is 6.07 Å². The first-order valence-electron chi connectivity index (χ1n) is 6.98. The van der Waals surface area contributed by atoms with Crippen LogP contribution in [0, 0.1) is 29.1 Å². The maximum absolute atomic E-state index is 8.81. The summed E-state index contributed by atoms with van der Waals surface area (Å²) in [6.45, 7) is 3.26. The highest BCUT2D eigenvalue weighted by Gasteiger charge is 2.41. The second kappa shape index (κ2) is 5.03. The van der Waals surface area contributed by atoms with E-state index in [2.05, 4.69) is 24.4 Å². The Morgan fingerprint density at radius 3 is 2.94 bits per heavy atom. The second-order valence-corrected chi connectivity index (χ2v) is 7.05. The molecule has 0 amide bonds. The van der Waals surface area contributed by atoms with E-state index >= 15 is 0 Å². The molecule has 1 aromatic rings. The summed E-state index contributed by atoms with van der Waals surface area (Å²) in [4.78, 5) is 2.10. The lowest BCUT2D eigenvalue weighted by Crippen LogP contribution is -2.35. The fraction of sp³-hybridized carbons (Fsp3) is 0.667. The molecule has 18 heavy (non-hydrogen) atoms. The third-order valence-corrected chi connectivity index (χ3v) is 5.80. The van der Waals surface area contributed by atoms with E-state index in [-0.39, 0.29) is 0 Å². The van der Waals surface area contributed by atoms with Crippen molar-refractivity contribution >= 4 is 11.3 Å². The number of fused-ring (bicyclic) bond motifs is 2. The molecule has 2 nitrogen and oxygen atoms in total. The number of nitriles is 1. The molecule has 2 aliphatic carbocycles. The van der Waals surface area contributed by atoms with Crippen LogP contribution in [0.3, 0.4) is 0 Å². The minimum Gasteiger partial charge on any atom is -0.309 e. The zero-order valence-electron chi connectivity index (χ0n) is 10.9. The molecule has 4 unspecified atom stereocenters. The van der Waals surface area contributed by atoms with Crippen LogP contribution in [0.25, 0.3) is 0 Å². The Bertz CT molecular complexity index is 459. The van der Waals surface area contributed by atoms with E-state index in [1.54, 1.807) is 11.3 Å². The second-order valence-electron chi connectivity index (χ2n) is 5.89. The Morgan fingerprint density at radius 1 is 1.44 bits per heavy atom. The Balaban J connectivity index is 1.52. The van der Waals surface area contributed by atoms with Crippen molar-refractivity contribution in [2.75, 3.05) is 0 Å². The number of thiophene rings is 1. The fourth-order valence-electron chi connectivity index (χ4n) is 3.85. The lowest BCUT2D eigenvalue weighted by atomic mass is 9.84. The molecule has 2 aliphatic rings. The summed E-state index contributed by atoms with van der Waals surface area (Å²) in [6, 6.07) is 6.81. The summed E-state index contributed by atoms with van der Waals surface area (Å²) in [5.41, 5.74) is 0. The molecule has 0 aromatic carbocycles. The van der Waals surface area contributed by atoms with Gasteiger partial charge in [-0.1, -0.05) is 6.42 Å². The van der Waals surface area contributed by atoms with Gasteiger partial charge in [0.1, 0.15) is 10.9 Å². The van der Waals surface area contributed by atoms with E-state index in [4.69, 9.17) is 5.26 Å². The van der Waals surface area contributed by atoms with Crippen molar-refractivity contribution in [2.45, 2.75) is 45.2 Å². The molecule has 1 aromatic heterocycles. The van der Waals surface area contributed by atoms with Crippen molar-refractivity contribution in [3.05, 3.63) is 21.9 Å². The van der Waals surface area contributed by atoms with Gasteiger partial charge in [-0.15, -0.1) is 11.3 Å². The van der Waals surface area contributed by atoms with Crippen LogP contribution in [0.2, 0.25) is 0 Å². The lowest BCUT2D eigenvalue weighted by Gasteiger charge is -2.28. The van der Waals surface area contributed by atoms with E-state index in [9.17, 15) is 0 Å². The SMILES string of the molecule is CC(NCc1ccc(C#N)s1)C1CC2CCC1C2. The first-order chi connectivity index (χ1) is 8.76. The van der Waals surface area contributed by atoms with Crippen LogP contribution in [0.15, 0.2) is 12.1 Å². The van der Waals surface area contributed by atoms with Crippen molar-refractivity contribution in [1.82, 2.24) is 5.32 Å². The minimum absolute atomic E-state index is 0.618. The molecule has 2 fully saturated rings. The van der Waals surface area contributed by atoms with Crippen molar-refractivity contribution in [3.63, 3.8) is 0 Å². The average molecular weight is 260 g/mol. The molecule has 0 saturated heterocycles. The van der Waals surface area contributed by atoms with Crippen LogP contribution in [-0.4, -0.2) is 6.04 Å².